The third-order valence-corrected chi connectivity index (χ3v) is 3.44. The van der Waals surface area contributed by atoms with E-state index in [1.165, 1.54) is 30.5 Å². The third-order valence-electron chi connectivity index (χ3n) is 3.44. The van der Waals surface area contributed by atoms with Crippen LogP contribution in [0.1, 0.15) is 37.2 Å². The predicted octanol–water partition coefficient (Wildman–Crippen LogP) is 3.09. The molecule has 1 aliphatic rings. The summed E-state index contributed by atoms with van der Waals surface area (Å²) in [6.07, 6.45) is 4.65. The number of rotatable bonds is 2. The highest BCUT2D eigenvalue weighted by atomic mass is 19.1. The fourth-order valence-electron chi connectivity index (χ4n) is 2.57. The van der Waals surface area contributed by atoms with Crippen LogP contribution in [0.2, 0.25) is 0 Å². The first-order chi connectivity index (χ1) is 7.31. The van der Waals surface area contributed by atoms with Gasteiger partial charge in [0.2, 0.25) is 0 Å². The van der Waals surface area contributed by atoms with Crippen LogP contribution in [-0.2, 0) is 0 Å². The Labute approximate surface area is 89.9 Å². The highest BCUT2D eigenvalue weighted by molar-refractivity contribution is 5.21. The van der Waals surface area contributed by atoms with Crippen LogP contribution in [0, 0.1) is 11.7 Å². The minimum absolute atomic E-state index is 0.185. The summed E-state index contributed by atoms with van der Waals surface area (Å²) in [5.74, 6) is 0.601. The smallest absolute Gasteiger partial charge is 0.123 e. The van der Waals surface area contributed by atoms with Crippen molar-refractivity contribution in [2.24, 2.45) is 5.92 Å². The Morgan fingerprint density at radius 1 is 1.13 bits per heavy atom. The van der Waals surface area contributed by atoms with Gasteiger partial charge in [-0.25, -0.2) is 4.39 Å². The Morgan fingerprint density at radius 3 is 2.47 bits per heavy atom. The average molecular weight is 208 g/mol. The Hall–Kier alpha value is -0.890. The maximum absolute atomic E-state index is 12.8. The molecule has 2 heteroatoms. The first-order valence-corrected chi connectivity index (χ1v) is 5.67. The number of benzene rings is 1. The molecule has 0 saturated heterocycles. The molecule has 1 fully saturated rings. The van der Waals surface area contributed by atoms with E-state index in [1.807, 2.05) is 12.1 Å². The van der Waals surface area contributed by atoms with E-state index < -0.39 is 0 Å². The molecular weight excluding hydrogens is 191 g/mol. The van der Waals surface area contributed by atoms with Gasteiger partial charge in [-0.15, -0.1) is 0 Å². The van der Waals surface area contributed by atoms with Gasteiger partial charge >= 0.3 is 0 Å². The van der Waals surface area contributed by atoms with Crippen LogP contribution in [0.3, 0.4) is 0 Å². The van der Waals surface area contributed by atoms with E-state index in [-0.39, 0.29) is 12.4 Å². The molecule has 0 aromatic heterocycles. The molecule has 0 unspecified atom stereocenters. The van der Waals surface area contributed by atoms with E-state index in [0.29, 0.717) is 11.8 Å². The fraction of sp³-hybridized carbons (Fsp3) is 0.538. The zero-order valence-electron chi connectivity index (χ0n) is 8.82. The lowest BCUT2D eigenvalue weighted by atomic mass is 9.76. The van der Waals surface area contributed by atoms with Gasteiger partial charge in [-0.1, -0.05) is 25.0 Å². The second-order valence-electron chi connectivity index (χ2n) is 4.39. The van der Waals surface area contributed by atoms with E-state index in [2.05, 4.69) is 0 Å². The highest BCUT2D eigenvalue weighted by Crippen LogP contribution is 2.37. The van der Waals surface area contributed by atoms with Crippen LogP contribution < -0.4 is 0 Å². The standard InChI is InChI=1S/C13H17FO/c14-12-7-5-10(6-8-12)13-4-2-1-3-11(13)9-15/h5-8,11,13,15H,1-4,9H2/t11-,13-/m0/s1. The molecule has 1 nitrogen and oxygen atoms in total. The zero-order valence-corrected chi connectivity index (χ0v) is 8.82. The van der Waals surface area contributed by atoms with Gasteiger partial charge in [0.25, 0.3) is 0 Å². The van der Waals surface area contributed by atoms with Crippen molar-refractivity contribution in [2.45, 2.75) is 31.6 Å². The predicted molar refractivity (Wildman–Crippen MR) is 58.2 cm³/mol. The Balaban J connectivity index is 2.16. The van der Waals surface area contributed by atoms with Crippen molar-refractivity contribution in [3.05, 3.63) is 35.6 Å². The van der Waals surface area contributed by atoms with Crippen molar-refractivity contribution < 1.29 is 9.50 Å². The number of halogens is 1. The Kier molecular flexibility index (Phi) is 3.37. The molecule has 15 heavy (non-hydrogen) atoms. The molecule has 1 aromatic rings. The van der Waals surface area contributed by atoms with Crippen molar-refractivity contribution in [3.8, 4) is 0 Å². The summed E-state index contributed by atoms with van der Waals surface area (Å²) < 4.78 is 12.8. The van der Waals surface area contributed by atoms with Crippen molar-refractivity contribution in [2.75, 3.05) is 6.61 Å². The SMILES string of the molecule is OC[C@@H]1CCCC[C@H]1c1ccc(F)cc1. The first kappa shape index (κ1) is 10.6. The molecule has 1 aliphatic carbocycles. The minimum atomic E-state index is -0.185. The number of hydrogen-bond acceptors (Lipinski definition) is 1. The van der Waals surface area contributed by atoms with Crippen LogP contribution >= 0.6 is 0 Å². The van der Waals surface area contributed by atoms with Gasteiger partial charge in [0.1, 0.15) is 5.82 Å². The molecular formula is C13H17FO. The van der Waals surface area contributed by atoms with E-state index in [0.717, 1.165) is 12.8 Å². The molecule has 1 N–H and O–H groups in total. The topological polar surface area (TPSA) is 20.2 Å². The summed E-state index contributed by atoms with van der Waals surface area (Å²) >= 11 is 0. The van der Waals surface area contributed by atoms with Gasteiger partial charge < -0.3 is 5.11 Å². The van der Waals surface area contributed by atoms with Crippen LogP contribution in [0.4, 0.5) is 4.39 Å². The van der Waals surface area contributed by atoms with E-state index >= 15 is 0 Å². The molecule has 0 amide bonds. The summed E-state index contributed by atoms with van der Waals surface area (Å²) in [7, 11) is 0. The number of aliphatic hydroxyl groups excluding tert-OH is 1. The summed E-state index contributed by atoms with van der Waals surface area (Å²) in [4.78, 5) is 0. The summed E-state index contributed by atoms with van der Waals surface area (Å²) in [5.41, 5.74) is 1.18. The average Bonchev–Trinajstić information content (AvgIpc) is 2.30. The maximum atomic E-state index is 12.8. The summed E-state index contributed by atoms with van der Waals surface area (Å²) in [6.45, 7) is 0.252. The van der Waals surface area contributed by atoms with Crippen LogP contribution in [-0.4, -0.2) is 11.7 Å². The molecule has 2 atom stereocenters. The lowest BCUT2D eigenvalue weighted by Crippen LogP contribution is -2.20. The normalized spacial score (nSPS) is 26.5. The minimum Gasteiger partial charge on any atom is -0.396 e. The molecule has 1 saturated carbocycles. The second kappa shape index (κ2) is 4.75. The number of aliphatic hydroxyl groups is 1. The molecule has 2 rings (SSSR count). The molecule has 0 spiro atoms. The van der Waals surface area contributed by atoms with Crippen molar-refractivity contribution in [3.63, 3.8) is 0 Å². The monoisotopic (exact) mass is 208 g/mol. The second-order valence-corrected chi connectivity index (χ2v) is 4.39. The molecule has 0 bridgehead atoms. The summed E-state index contributed by atoms with van der Waals surface area (Å²) in [6, 6.07) is 6.73. The number of hydrogen-bond donors (Lipinski definition) is 1. The lowest BCUT2D eigenvalue weighted by Gasteiger charge is -2.30. The zero-order chi connectivity index (χ0) is 10.7. The largest absolute Gasteiger partial charge is 0.396 e. The third kappa shape index (κ3) is 2.37. The summed E-state index contributed by atoms with van der Waals surface area (Å²) in [5, 5.41) is 9.30. The molecule has 82 valence electrons. The molecule has 0 heterocycles. The quantitative estimate of drug-likeness (QED) is 0.791. The van der Waals surface area contributed by atoms with Gasteiger partial charge in [-0.05, 0) is 42.4 Å². The van der Waals surface area contributed by atoms with E-state index in [4.69, 9.17) is 0 Å². The fourth-order valence-corrected chi connectivity index (χ4v) is 2.57. The molecule has 0 aliphatic heterocycles. The Bertz CT molecular complexity index is 307. The molecule has 0 radical (unpaired) electrons. The van der Waals surface area contributed by atoms with Crippen molar-refractivity contribution in [1.82, 2.24) is 0 Å². The van der Waals surface area contributed by atoms with Crippen molar-refractivity contribution in [1.29, 1.82) is 0 Å². The molecule has 1 aromatic carbocycles. The highest BCUT2D eigenvalue weighted by Gasteiger charge is 2.25. The van der Waals surface area contributed by atoms with Gasteiger partial charge in [0, 0.05) is 6.61 Å². The van der Waals surface area contributed by atoms with Gasteiger partial charge in [0.15, 0.2) is 0 Å². The van der Waals surface area contributed by atoms with Gasteiger partial charge in [0.05, 0.1) is 0 Å². The van der Waals surface area contributed by atoms with E-state index in [1.54, 1.807) is 0 Å². The van der Waals surface area contributed by atoms with Crippen LogP contribution in [0.15, 0.2) is 24.3 Å². The van der Waals surface area contributed by atoms with Crippen LogP contribution in [0.5, 0.6) is 0 Å². The van der Waals surface area contributed by atoms with Crippen LogP contribution in [0.25, 0.3) is 0 Å². The first-order valence-electron chi connectivity index (χ1n) is 5.67. The van der Waals surface area contributed by atoms with E-state index in [9.17, 15) is 9.50 Å². The van der Waals surface area contributed by atoms with Gasteiger partial charge in [-0.2, -0.15) is 0 Å². The Morgan fingerprint density at radius 2 is 1.80 bits per heavy atom. The maximum Gasteiger partial charge on any atom is 0.123 e. The van der Waals surface area contributed by atoms with Gasteiger partial charge in [-0.3, -0.25) is 0 Å². The van der Waals surface area contributed by atoms with Crippen molar-refractivity contribution >= 4 is 0 Å². The lowest BCUT2D eigenvalue weighted by molar-refractivity contribution is 0.169.